The maximum Gasteiger partial charge on any atom is 0.254 e. The fraction of sp³-hybridized carbons (Fsp3) is 0.708. The molecule has 0 bridgehead atoms. The van der Waals surface area contributed by atoms with Crippen LogP contribution < -0.4 is 26.7 Å². The number of likely N-dealkylation sites (tertiary alicyclic amines) is 1. The molecule has 174 valence electrons. The number of nitrogens with one attached hydrogen (secondary N) is 4. The molecule has 3 saturated carbocycles. The molecular formula is C24H35N5O3. The Morgan fingerprint density at radius 2 is 1.88 bits per heavy atom. The zero-order valence-corrected chi connectivity index (χ0v) is 18.8. The molecular weight excluding hydrogens is 406 g/mol. The Balaban J connectivity index is 1.08. The van der Waals surface area contributed by atoms with Crippen LogP contribution in [0.15, 0.2) is 18.2 Å². The average molecular weight is 442 g/mol. The summed E-state index contributed by atoms with van der Waals surface area (Å²) in [7, 11) is 1.76. The summed E-state index contributed by atoms with van der Waals surface area (Å²) in [6, 6.07) is 6.48. The lowest BCUT2D eigenvalue weighted by Crippen LogP contribution is -2.39. The first-order valence-electron chi connectivity index (χ1n) is 12.2. The number of carbonyl (C=O) groups excluding carboxylic acids is 1. The summed E-state index contributed by atoms with van der Waals surface area (Å²) >= 11 is 0. The molecule has 2 aliphatic heterocycles. The third kappa shape index (κ3) is 3.53. The van der Waals surface area contributed by atoms with Crippen molar-refractivity contribution in [3.05, 3.63) is 29.3 Å². The molecule has 6 rings (SSSR count). The minimum absolute atomic E-state index is 0.00708. The number of methoxy groups -OCH3 is 1. The molecule has 3 aliphatic carbocycles. The van der Waals surface area contributed by atoms with E-state index in [1.165, 1.54) is 43.2 Å². The molecule has 8 heteroatoms. The minimum Gasteiger partial charge on any atom is -0.496 e. The molecule has 32 heavy (non-hydrogen) atoms. The number of ether oxygens (including phenoxy) is 1. The Bertz CT molecular complexity index is 892. The minimum atomic E-state index is -1.02. The van der Waals surface area contributed by atoms with Crippen molar-refractivity contribution >= 4 is 5.91 Å². The maximum atomic E-state index is 12.6. The van der Waals surface area contributed by atoms with Gasteiger partial charge >= 0.3 is 0 Å². The Kier molecular flexibility index (Phi) is 5.00. The molecule has 5 N–H and O–H groups in total. The quantitative estimate of drug-likeness (QED) is 0.476. The SMILES string of the molecule is COc1ccc(C2NNNN2)cc1C1CCC([C@@H]2C[C@@]23CCN(C(=O)C2(O)CC2)C3)CC1. The van der Waals surface area contributed by atoms with Gasteiger partial charge in [0.05, 0.1) is 7.11 Å². The topological polar surface area (TPSA) is 97.9 Å². The second-order valence-electron chi connectivity index (χ2n) is 10.8. The normalized spacial score (nSPS) is 35.9. The van der Waals surface area contributed by atoms with Crippen LogP contribution >= 0.6 is 0 Å². The molecule has 1 aromatic rings. The van der Waals surface area contributed by atoms with E-state index in [9.17, 15) is 9.90 Å². The van der Waals surface area contributed by atoms with Gasteiger partial charge in [-0.3, -0.25) is 4.79 Å². The highest BCUT2D eigenvalue weighted by atomic mass is 16.5. The van der Waals surface area contributed by atoms with Crippen molar-refractivity contribution in [3.63, 3.8) is 0 Å². The number of aliphatic hydroxyl groups is 1. The maximum absolute atomic E-state index is 12.6. The summed E-state index contributed by atoms with van der Waals surface area (Å²) in [5.74, 6) is 3.04. The number of hydrogen-bond acceptors (Lipinski definition) is 7. The number of rotatable bonds is 5. The van der Waals surface area contributed by atoms with E-state index in [-0.39, 0.29) is 12.1 Å². The molecule has 8 nitrogen and oxygen atoms in total. The lowest BCUT2D eigenvalue weighted by Gasteiger charge is -2.31. The Labute approximate surface area is 189 Å². The van der Waals surface area contributed by atoms with Crippen LogP contribution in [-0.2, 0) is 4.79 Å². The van der Waals surface area contributed by atoms with Crippen LogP contribution in [-0.4, -0.2) is 41.7 Å². The van der Waals surface area contributed by atoms with Crippen LogP contribution in [0.2, 0.25) is 0 Å². The number of amides is 1. The first-order valence-corrected chi connectivity index (χ1v) is 12.2. The van der Waals surface area contributed by atoms with Gasteiger partial charge in [0.25, 0.3) is 5.91 Å². The van der Waals surface area contributed by atoms with Crippen LogP contribution in [0, 0.1) is 17.3 Å². The number of hydrogen-bond donors (Lipinski definition) is 5. The summed E-state index contributed by atoms with van der Waals surface area (Å²) in [6.45, 7) is 1.71. The van der Waals surface area contributed by atoms with E-state index in [4.69, 9.17) is 4.74 Å². The molecule has 5 aliphatic rings. The first kappa shape index (κ1) is 20.9. The molecule has 5 fully saturated rings. The molecule has 1 spiro atoms. The Morgan fingerprint density at radius 1 is 1.12 bits per heavy atom. The fourth-order valence-electron chi connectivity index (χ4n) is 6.71. The summed E-state index contributed by atoms with van der Waals surface area (Å²) < 4.78 is 5.72. The van der Waals surface area contributed by atoms with E-state index in [0.717, 1.165) is 37.1 Å². The lowest BCUT2D eigenvalue weighted by molar-refractivity contribution is -0.141. The molecule has 2 heterocycles. The monoisotopic (exact) mass is 441 g/mol. The molecule has 0 aromatic heterocycles. The number of hydrazine groups is 3. The van der Waals surface area contributed by atoms with Crippen LogP contribution in [0.5, 0.6) is 5.75 Å². The van der Waals surface area contributed by atoms with Gasteiger partial charge in [0, 0.05) is 13.1 Å². The zero-order valence-electron chi connectivity index (χ0n) is 18.8. The van der Waals surface area contributed by atoms with Crippen LogP contribution in [0.3, 0.4) is 0 Å². The van der Waals surface area contributed by atoms with Gasteiger partial charge in [-0.2, -0.15) is 11.1 Å². The predicted molar refractivity (Wildman–Crippen MR) is 119 cm³/mol. The third-order valence-corrected chi connectivity index (χ3v) is 8.91. The smallest absolute Gasteiger partial charge is 0.254 e. The van der Waals surface area contributed by atoms with Gasteiger partial charge in [-0.25, -0.2) is 10.9 Å². The van der Waals surface area contributed by atoms with Crippen LogP contribution in [0.1, 0.15) is 74.6 Å². The third-order valence-electron chi connectivity index (χ3n) is 8.91. The standard InChI is InChI=1S/C24H35N5O3/c1-32-20-7-6-17(21-25-27-28-26-21)12-18(20)15-2-4-16(5-3-15)19-13-23(19)10-11-29(14-23)22(30)24(31)8-9-24/h6-7,12,15-16,19,21,25-28,31H,2-5,8-11,13-14H2,1H3/t15?,16?,19-,23+/m0/s1. The van der Waals surface area contributed by atoms with Gasteiger partial charge in [-0.05, 0) is 97.8 Å². The fourth-order valence-corrected chi connectivity index (χ4v) is 6.71. The zero-order chi connectivity index (χ0) is 21.9. The van der Waals surface area contributed by atoms with E-state index in [1.54, 1.807) is 7.11 Å². The molecule has 1 aromatic carbocycles. The number of nitrogens with zero attached hydrogens (tertiary/aromatic N) is 1. The molecule has 0 radical (unpaired) electrons. The van der Waals surface area contributed by atoms with Gasteiger partial charge < -0.3 is 14.7 Å². The highest BCUT2D eigenvalue weighted by Crippen LogP contribution is 2.64. The van der Waals surface area contributed by atoms with E-state index in [2.05, 4.69) is 40.1 Å². The van der Waals surface area contributed by atoms with Crippen molar-refractivity contribution in [1.82, 2.24) is 26.8 Å². The number of benzene rings is 1. The van der Waals surface area contributed by atoms with Crippen molar-refractivity contribution in [3.8, 4) is 5.75 Å². The van der Waals surface area contributed by atoms with Crippen molar-refractivity contribution in [2.45, 2.75) is 69.1 Å². The second-order valence-corrected chi connectivity index (χ2v) is 10.8. The Morgan fingerprint density at radius 3 is 2.56 bits per heavy atom. The lowest BCUT2D eigenvalue weighted by atomic mass is 9.75. The van der Waals surface area contributed by atoms with Crippen LogP contribution in [0.4, 0.5) is 0 Å². The van der Waals surface area contributed by atoms with Gasteiger partial charge in [-0.1, -0.05) is 6.07 Å². The molecule has 2 atom stereocenters. The molecule has 2 saturated heterocycles. The summed E-state index contributed by atoms with van der Waals surface area (Å²) in [5.41, 5.74) is 13.9. The highest BCUT2D eigenvalue weighted by molar-refractivity contribution is 5.88. The largest absolute Gasteiger partial charge is 0.496 e. The van der Waals surface area contributed by atoms with Crippen molar-refractivity contribution in [1.29, 1.82) is 0 Å². The predicted octanol–water partition coefficient (Wildman–Crippen LogP) is 1.85. The highest BCUT2D eigenvalue weighted by Gasteiger charge is 2.62. The number of carbonyl (C=O) groups is 1. The van der Waals surface area contributed by atoms with Crippen molar-refractivity contribution in [2.24, 2.45) is 17.3 Å². The van der Waals surface area contributed by atoms with Gasteiger partial charge in [0.2, 0.25) is 0 Å². The van der Waals surface area contributed by atoms with E-state index in [1.807, 2.05) is 4.90 Å². The summed E-state index contributed by atoms with van der Waals surface area (Å²) in [5, 5.41) is 10.2. The van der Waals surface area contributed by atoms with Gasteiger partial charge in [0.1, 0.15) is 17.5 Å². The van der Waals surface area contributed by atoms with Crippen LogP contribution in [0.25, 0.3) is 0 Å². The van der Waals surface area contributed by atoms with Gasteiger partial charge in [-0.15, -0.1) is 0 Å². The summed E-state index contributed by atoms with van der Waals surface area (Å²) in [4.78, 5) is 14.5. The Hall–Kier alpha value is -1.71. The first-order chi connectivity index (χ1) is 15.5. The summed E-state index contributed by atoms with van der Waals surface area (Å²) in [6.07, 6.45) is 8.62. The van der Waals surface area contributed by atoms with Crippen molar-refractivity contribution in [2.75, 3.05) is 20.2 Å². The second kappa shape index (κ2) is 7.67. The van der Waals surface area contributed by atoms with E-state index in [0.29, 0.717) is 24.2 Å². The van der Waals surface area contributed by atoms with Crippen molar-refractivity contribution < 1.29 is 14.6 Å². The van der Waals surface area contributed by atoms with E-state index >= 15 is 0 Å². The molecule has 1 amide bonds. The van der Waals surface area contributed by atoms with Gasteiger partial charge in [0.15, 0.2) is 0 Å². The van der Waals surface area contributed by atoms with E-state index < -0.39 is 5.60 Å². The average Bonchev–Trinajstić information content (AvgIpc) is 3.56. The molecule has 0 unspecified atom stereocenters.